The van der Waals surface area contributed by atoms with Crippen LogP contribution in [0.2, 0.25) is 0 Å². The molecule has 0 radical (unpaired) electrons. The molecule has 0 heterocycles. The van der Waals surface area contributed by atoms with Crippen LogP contribution in [0.15, 0.2) is 72.8 Å². The van der Waals surface area contributed by atoms with Gasteiger partial charge in [0.2, 0.25) is 0 Å². The Hall–Kier alpha value is -4.13. The van der Waals surface area contributed by atoms with Gasteiger partial charge in [-0.25, -0.2) is 0 Å². The Kier molecular flexibility index (Phi) is 6.44. The number of hydrogen-bond acceptors (Lipinski definition) is 5. The summed E-state index contributed by atoms with van der Waals surface area (Å²) in [7, 11) is 1.55. The Balaban J connectivity index is 1.75. The van der Waals surface area contributed by atoms with Gasteiger partial charge in [0.25, 0.3) is 11.8 Å². The zero-order valence-corrected chi connectivity index (χ0v) is 16.5. The van der Waals surface area contributed by atoms with E-state index in [0.717, 1.165) is 0 Å². The van der Waals surface area contributed by atoms with Crippen molar-refractivity contribution in [1.29, 1.82) is 0 Å². The molecule has 0 aliphatic rings. The van der Waals surface area contributed by atoms with Crippen molar-refractivity contribution in [1.82, 2.24) is 0 Å². The number of hydrogen-bond donors (Lipinski definition) is 2. The molecule has 152 valence electrons. The number of carbonyl (C=O) groups excluding carboxylic acids is 3. The summed E-state index contributed by atoms with van der Waals surface area (Å²) < 4.78 is 10.1. The van der Waals surface area contributed by atoms with E-state index >= 15 is 0 Å². The predicted molar refractivity (Wildman–Crippen MR) is 113 cm³/mol. The fraction of sp³-hybridized carbons (Fsp3) is 0.0870. The molecule has 0 saturated carbocycles. The molecule has 7 nitrogen and oxygen atoms in total. The summed E-state index contributed by atoms with van der Waals surface area (Å²) in [6.07, 6.45) is 0. The Morgan fingerprint density at radius 1 is 0.700 bits per heavy atom. The third-order valence-corrected chi connectivity index (χ3v) is 4.13. The van der Waals surface area contributed by atoms with Gasteiger partial charge in [0.05, 0.1) is 18.5 Å². The van der Waals surface area contributed by atoms with Gasteiger partial charge in [-0.05, 0) is 54.6 Å². The van der Waals surface area contributed by atoms with Crippen molar-refractivity contribution in [3.05, 3.63) is 83.9 Å². The lowest BCUT2D eigenvalue weighted by Gasteiger charge is -2.13. The molecule has 0 spiro atoms. The van der Waals surface area contributed by atoms with E-state index in [1.54, 1.807) is 73.8 Å². The second kappa shape index (κ2) is 9.38. The van der Waals surface area contributed by atoms with Gasteiger partial charge in [0.1, 0.15) is 11.5 Å². The zero-order valence-electron chi connectivity index (χ0n) is 16.5. The van der Waals surface area contributed by atoms with Crippen LogP contribution >= 0.6 is 0 Å². The van der Waals surface area contributed by atoms with Crippen LogP contribution in [0.25, 0.3) is 0 Å². The van der Waals surface area contributed by atoms with E-state index in [-0.39, 0.29) is 11.7 Å². The standard InChI is InChI=1S/C23H20N2O5/c1-15(26)30-19-7-5-6-17(14-19)23(28)25-21-9-4-3-8-20(21)24-22(27)16-10-12-18(29-2)13-11-16/h3-14H,1-2H3,(H,24,27)(H,25,28). The van der Waals surface area contributed by atoms with Crippen LogP contribution in [0.1, 0.15) is 27.6 Å². The molecule has 0 aromatic heterocycles. The number of ether oxygens (including phenoxy) is 2. The molecular weight excluding hydrogens is 384 g/mol. The number of amides is 2. The molecule has 0 bridgehead atoms. The van der Waals surface area contributed by atoms with Crippen LogP contribution < -0.4 is 20.1 Å². The smallest absolute Gasteiger partial charge is 0.308 e. The number of anilines is 2. The van der Waals surface area contributed by atoms with E-state index in [9.17, 15) is 14.4 Å². The summed E-state index contributed by atoms with van der Waals surface area (Å²) in [5.41, 5.74) is 1.64. The van der Waals surface area contributed by atoms with Gasteiger partial charge in [0.15, 0.2) is 0 Å². The molecule has 0 unspecified atom stereocenters. The van der Waals surface area contributed by atoms with Crippen molar-refractivity contribution in [2.75, 3.05) is 17.7 Å². The van der Waals surface area contributed by atoms with Crippen molar-refractivity contribution in [2.45, 2.75) is 6.92 Å². The zero-order chi connectivity index (χ0) is 21.5. The third-order valence-electron chi connectivity index (χ3n) is 4.13. The normalized spacial score (nSPS) is 10.1. The molecule has 0 atom stereocenters. The van der Waals surface area contributed by atoms with Gasteiger partial charge in [-0.15, -0.1) is 0 Å². The molecule has 3 aromatic rings. The van der Waals surface area contributed by atoms with Crippen molar-refractivity contribution in [2.24, 2.45) is 0 Å². The molecule has 2 amide bonds. The highest BCUT2D eigenvalue weighted by Crippen LogP contribution is 2.24. The van der Waals surface area contributed by atoms with Crippen molar-refractivity contribution >= 4 is 29.2 Å². The fourth-order valence-electron chi connectivity index (χ4n) is 2.70. The molecule has 2 N–H and O–H groups in total. The molecule has 30 heavy (non-hydrogen) atoms. The first kappa shape index (κ1) is 20.6. The van der Waals surface area contributed by atoms with E-state index < -0.39 is 11.9 Å². The van der Waals surface area contributed by atoms with Crippen LogP contribution in [-0.4, -0.2) is 24.9 Å². The van der Waals surface area contributed by atoms with E-state index in [1.807, 2.05) is 0 Å². The average molecular weight is 404 g/mol. The van der Waals surface area contributed by atoms with Gasteiger partial charge in [-0.1, -0.05) is 18.2 Å². The van der Waals surface area contributed by atoms with Crippen molar-refractivity contribution < 1.29 is 23.9 Å². The molecule has 3 aromatic carbocycles. The molecular formula is C23H20N2O5. The highest BCUT2D eigenvalue weighted by molar-refractivity contribution is 6.10. The molecule has 0 aliphatic heterocycles. The van der Waals surface area contributed by atoms with E-state index in [0.29, 0.717) is 28.3 Å². The Bertz CT molecular complexity index is 1080. The minimum atomic E-state index is -0.473. The van der Waals surface area contributed by atoms with Gasteiger partial charge in [-0.2, -0.15) is 0 Å². The highest BCUT2D eigenvalue weighted by atomic mass is 16.5. The summed E-state index contributed by atoms with van der Waals surface area (Å²) in [5, 5.41) is 5.56. The number of para-hydroxylation sites is 2. The number of benzene rings is 3. The molecule has 3 rings (SSSR count). The molecule has 0 fully saturated rings. The minimum absolute atomic E-state index is 0.274. The Labute approximate surface area is 173 Å². The Morgan fingerprint density at radius 3 is 1.87 bits per heavy atom. The number of esters is 1. The van der Waals surface area contributed by atoms with Crippen molar-refractivity contribution in [3.63, 3.8) is 0 Å². The first-order chi connectivity index (χ1) is 14.5. The minimum Gasteiger partial charge on any atom is -0.497 e. The van der Waals surface area contributed by atoms with Gasteiger partial charge in [-0.3, -0.25) is 14.4 Å². The van der Waals surface area contributed by atoms with E-state index in [2.05, 4.69) is 10.6 Å². The maximum Gasteiger partial charge on any atom is 0.308 e. The number of methoxy groups -OCH3 is 1. The average Bonchev–Trinajstić information content (AvgIpc) is 2.75. The number of carbonyl (C=O) groups is 3. The summed E-state index contributed by atoms with van der Waals surface area (Å²) in [6, 6.07) is 19.8. The summed E-state index contributed by atoms with van der Waals surface area (Å²) >= 11 is 0. The lowest BCUT2D eigenvalue weighted by molar-refractivity contribution is -0.131. The second-order valence-electron chi connectivity index (χ2n) is 6.30. The maximum atomic E-state index is 12.7. The fourth-order valence-corrected chi connectivity index (χ4v) is 2.70. The lowest BCUT2D eigenvalue weighted by Crippen LogP contribution is -2.17. The van der Waals surface area contributed by atoms with Crippen LogP contribution in [-0.2, 0) is 4.79 Å². The van der Waals surface area contributed by atoms with E-state index in [1.165, 1.54) is 13.0 Å². The van der Waals surface area contributed by atoms with Gasteiger partial charge in [0, 0.05) is 18.1 Å². The van der Waals surface area contributed by atoms with Gasteiger partial charge >= 0.3 is 5.97 Å². The predicted octanol–water partition coefficient (Wildman–Crippen LogP) is 4.13. The molecule has 7 heteroatoms. The SMILES string of the molecule is COc1ccc(C(=O)Nc2ccccc2NC(=O)c2cccc(OC(C)=O)c2)cc1. The lowest BCUT2D eigenvalue weighted by atomic mass is 10.1. The summed E-state index contributed by atoms with van der Waals surface area (Å²) in [4.78, 5) is 36.3. The monoisotopic (exact) mass is 404 g/mol. The highest BCUT2D eigenvalue weighted by Gasteiger charge is 2.13. The maximum absolute atomic E-state index is 12.7. The Morgan fingerprint density at radius 2 is 1.30 bits per heavy atom. The quantitative estimate of drug-likeness (QED) is 0.476. The molecule has 0 saturated heterocycles. The van der Waals surface area contributed by atoms with Crippen LogP contribution in [0.5, 0.6) is 11.5 Å². The number of nitrogens with one attached hydrogen (secondary N) is 2. The first-order valence-corrected chi connectivity index (χ1v) is 9.10. The van der Waals surface area contributed by atoms with E-state index in [4.69, 9.17) is 9.47 Å². The van der Waals surface area contributed by atoms with Crippen LogP contribution in [0.4, 0.5) is 11.4 Å². The molecule has 0 aliphatic carbocycles. The summed E-state index contributed by atoms with van der Waals surface area (Å²) in [6.45, 7) is 1.29. The van der Waals surface area contributed by atoms with Gasteiger partial charge < -0.3 is 20.1 Å². The van der Waals surface area contributed by atoms with Crippen LogP contribution in [0.3, 0.4) is 0 Å². The summed E-state index contributed by atoms with van der Waals surface area (Å²) in [5.74, 6) is -0.281. The van der Waals surface area contributed by atoms with Crippen molar-refractivity contribution in [3.8, 4) is 11.5 Å². The topological polar surface area (TPSA) is 93.7 Å². The third kappa shape index (κ3) is 5.23. The number of rotatable bonds is 6. The largest absolute Gasteiger partial charge is 0.497 e. The second-order valence-corrected chi connectivity index (χ2v) is 6.30. The first-order valence-electron chi connectivity index (χ1n) is 9.10. The van der Waals surface area contributed by atoms with Crippen LogP contribution in [0, 0.1) is 0 Å².